The van der Waals surface area contributed by atoms with Crippen molar-refractivity contribution >= 4 is 21.6 Å². The lowest BCUT2D eigenvalue weighted by Crippen LogP contribution is -2.14. The first-order valence-corrected chi connectivity index (χ1v) is 13.2. The molecule has 0 unspecified atom stereocenters. The van der Waals surface area contributed by atoms with Gasteiger partial charge < -0.3 is 19.7 Å². The molecule has 2 aromatic rings. The van der Waals surface area contributed by atoms with E-state index in [1.807, 2.05) is 13.8 Å². The van der Waals surface area contributed by atoms with E-state index in [9.17, 15) is 0 Å². The van der Waals surface area contributed by atoms with E-state index >= 15 is 0 Å². The first kappa shape index (κ1) is 26.9. The zero-order valence-corrected chi connectivity index (χ0v) is 22.3. The minimum absolute atomic E-state index is 0.00356. The highest BCUT2D eigenvalue weighted by Gasteiger charge is 2.24. The molecular weight excluding hydrogens is 440 g/mol. The number of aliphatic hydroxyl groups is 2. The fourth-order valence-corrected chi connectivity index (χ4v) is 6.25. The summed E-state index contributed by atoms with van der Waals surface area (Å²) in [6, 6.07) is 8.62. The fraction of sp³-hybridized carbons (Fsp3) is 0.538. The Morgan fingerprint density at radius 3 is 1.28 bits per heavy atom. The van der Waals surface area contributed by atoms with Gasteiger partial charge in [0.15, 0.2) is 0 Å². The number of aryl methyl sites for hydroxylation is 2. The Morgan fingerprint density at radius 2 is 1.00 bits per heavy atom. The molecule has 0 saturated carbocycles. The minimum atomic E-state index is -0.0430. The third-order valence-corrected chi connectivity index (χ3v) is 7.53. The van der Waals surface area contributed by atoms with Gasteiger partial charge in [-0.2, -0.15) is 0 Å². The van der Waals surface area contributed by atoms with Crippen LogP contribution < -0.4 is 9.47 Å². The van der Waals surface area contributed by atoms with E-state index < -0.39 is 0 Å². The lowest BCUT2D eigenvalue weighted by molar-refractivity contribution is 0.200. The van der Waals surface area contributed by atoms with Crippen molar-refractivity contribution < 1.29 is 19.7 Å². The smallest absolute Gasteiger partial charge is 0.122 e. The standard InChI is InChI=1S/C26H38O4S2/c1-17-13-23(19(25(3,4)5)15-21(17)29-11-9-27)31-32-24-14-18(2)22(30-12-10-28)16-20(24)26(6,7)8/h13-16,27-28H,9-12H2,1-8H3. The van der Waals surface area contributed by atoms with Crippen molar-refractivity contribution in [3.8, 4) is 11.5 Å². The van der Waals surface area contributed by atoms with Crippen LogP contribution in [-0.2, 0) is 10.8 Å². The SMILES string of the molecule is Cc1cc(SSc2cc(C)c(OCCO)cc2C(C)(C)C)c(C(C)(C)C)cc1OCCO. The van der Waals surface area contributed by atoms with Crippen LogP contribution in [0.5, 0.6) is 11.5 Å². The molecule has 6 heteroatoms. The van der Waals surface area contributed by atoms with Crippen molar-refractivity contribution in [1.29, 1.82) is 0 Å². The Morgan fingerprint density at radius 1 is 0.656 bits per heavy atom. The average Bonchev–Trinajstić information content (AvgIpc) is 2.68. The second kappa shape index (κ2) is 11.2. The molecule has 0 saturated heterocycles. The molecule has 0 amide bonds. The highest BCUT2D eigenvalue weighted by Crippen LogP contribution is 2.48. The van der Waals surface area contributed by atoms with Crippen molar-refractivity contribution in [3.63, 3.8) is 0 Å². The summed E-state index contributed by atoms with van der Waals surface area (Å²) in [5.41, 5.74) is 4.50. The monoisotopic (exact) mass is 478 g/mol. The van der Waals surface area contributed by atoms with Gasteiger partial charge in [-0.05, 0) is 71.2 Å². The molecule has 2 aromatic carbocycles. The van der Waals surface area contributed by atoms with Gasteiger partial charge in [0.25, 0.3) is 0 Å². The van der Waals surface area contributed by atoms with Crippen LogP contribution in [0.2, 0.25) is 0 Å². The molecular formula is C26H38O4S2. The maximum Gasteiger partial charge on any atom is 0.122 e. The Hall–Kier alpha value is -1.34. The van der Waals surface area contributed by atoms with Crippen molar-refractivity contribution in [3.05, 3.63) is 46.5 Å². The van der Waals surface area contributed by atoms with E-state index in [4.69, 9.17) is 19.7 Å². The first-order valence-electron chi connectivity index (χ1n) is 11.0. The van der Waals surface area contributed by atoms with Gasteiger partial charge in [0, 0.05) is 9.79 Å². The normalized spacial score (nSPS) is 12.2. The Labute approximate surface area is 201 Å². The van der Waals surface area contributed by atoms with Gasteiger partial charge in [-0.1, -0.05) is 63.1 Å². The third kappa shape index (κ3) is 7.08. The van der Waals surface area contributed by atoms with Crippen molar-refractivity contribution in [1.82, 2.24) is 0 Å². The van der Waals surface area contributed by atoms with Crippen LogP contribution in [0.25, 0.3) is 0 Å². The van der Waals surface area contributed by atoms with E-state index in [0.717, 1.165) is 22.6 Å². The molecule has 2 N–H and O–H groups in total. The fourth-order valence-electron chi connectivity index (χ4n) is 3.35. The molecule has 0 aromatic heterocycles. The molecule has 2 rings (SSSR count). The highest BCUT2D eigenvalue weighted by atomic mass is 33.1. The van der Waals surface area contributed by atoms with Crippen LogP contribution in [-0.4, -0.2) is 36.6 Å². The summed E-state index contributed by atoms with van der Waals surface area (Å²) < 4.78 is 11.5. The number of rotatable bonds is 9. The third-order valence-electron chi connectivity index (χ3n) is 5.09. The van der Waals surface area contributed by atoms with Gasteiger partial charge >= 0.3 is 0 Å². The second-order valence-electron chi connectivity index (χ2n) is 10.0. The zero-order chi connectivity index (χ0) is 24.1. The molecule has 178 valence electrons. The molecule has 0 spiro atoms. The number of aliphatic hydroxyl groups excluding tert-OH is 2. The highest BCUT2D eigenvalue weighted by molar-refractivity contribution is 8.76. The number of ether oxygens (including phenoxy) is 2. The van der Waals surface area contributed by atoms with Gasteiger partial charge in [0.05, 0.1) is 13.2 Å². The predicted octanol–water partition coefficient (Wildman–Crippen LogP) is 6.44. The Kier molecular flexibility index (Phi) is 9.41. The molecule has 0 aliphatic carbocycles. The van der Waals surface area contributed by atoms with Gasteiger partial charge in [-0.15, -0.1) is 0 Å². The van der Waals surface area contributed by atoms with Gasteiger partial charge in [0.2, 0.25) is 0 Å². The maximum atomic E-state index is 9.14. The second-order valence-corrected chi connectivity index (χ2v) is 12.3. The maximum absolute atomic E-state index is 9.14. The summed E-state index contributed by atoms with van der Waals surface area (Å²) in [5, 5.41) is 18.3. The van der Waals surface area contributed by atoms with Gasteiger partial charge in [-0.25, -0.2) is 0 Å². The summed E-state index contributed by atoms with van der Waals surface area (Å²) in [6.45, 7) is 17.9. The van der Waals surface area contributed by atoms with Crippen LogP contribution in [0.3, 0.4) is 0 Å². The molecule has 0 atom stereocenters. The van der Waals surface area contributed by atoms with E-state index in [-0.39, 0.29) is 24.0 Å². The Balaban J connectivity index is 2.42. The predicted molar refractivity (Wildman–Crippen MR) is 137 cm³/mol. The quantitative estimate of drug-likeness (QED) is 0.405. The van der Waals surface area contributed by atoms with Crippen molar-refractivity contribution in [2.24, 2.45) is 0 Å². The van der Waals surface area contributed by atoms with Crippen molar-refractivity contribution in [2.75, 3.05) is 26.4 Å². The van der Waals surface area contributed by atoms with Crippen LogP contribution in [0.1, 0.15) is 63.8 Å². The van der Waals surface area contributed by atoms with E-state index in [2.05, 4.69) is 65.8 Å². The molecule has 0 bridgehead atoms. The summed E-state index contributed by atoms with van der Waals surface area (Å²) in [6.07, 6.45) is 0. The van der Waals surface area contributed by atoms with E-state index in [1.54, 1.807) is 21.6 Å². The molecule has 0 aliphatic heterocycles. The number of benzene rings is 2. The van der Waals surface area contributed by atoms with Crippen LogP contribution in [0.15, 0.2) is 34.1 Å². The number of hydrogen-bond acceptors (Lipinski definition) is 6. The lowest BCUT2D eigenvalue weighted by Gasteiger charge is -2.26. The summed E-state index contributed by atoms with van der Waals surface area (Å²) in [5.74, 6) is 1.66. The molecule has 4 nitrogen and oxygen atoms in total. The van der Waals surface area contributed by atoms with Crippen LogP contribution in [0.4, 0.5) is 0 Å². The van der Waals surface area contributed by atoms with Crippen molar-refractivity contribution in [2.45, 2.75) is 76.0 Å². The summed E-state index contributed by atoms with van der Waals surface area (Å²) in [7, 11) is 3.53. The largest absolute Gasteiger partial charge is 0.491 e. The Bertz CT molecular complexity index is 836. The van der Waals surface area contributed by atoms with Crippen LogP contribution in [0, 0.1) is 13.8 Å². The lowest BCUT2D eigenvalue weighted by atomic mass is 9.86. The van der Waals surface area contributed by atoms with E-state index in [0.29, 0.717) is 13.2 Å². The molecule has 0 heterocycles. The van der Waals surface area contributed by atoms with Gasteiger partial charge in [0.1, 0.15) is 24.7 Å². The summed E-state index contributed by atoms with van der Waals surface area (Å²) in [4.78, 5) is 2.43. The molecule has 0 aliphatic rings. The molecule has 0 radical (unpaired) electrons. The zero-order valence-electron chi connectivity index (χ0n) is 20.7. The van der Waals surface area contributed by atoms with Gasteiger partial charge in [-0.3, -0.25) is 0 Å². The van der Waals surface area contributed by atoms with Crippen LogP contribution >= 0.6 is 21.6 Å². The topological polar surface area (TPSA) is 58.9 Å². The molecule has 32 heavy (non-hydrogen) atoms. The number of hydrogen-bond donors (Lipinski definition) is 2. The average molecular weight is 479 g/mol. The molecule has 0 fully saturated rings. The minimum Gasteiger partial charge on any atom is -0.491 e. The first-order chi connectivity index (χ1) is 14.9. The van der Waals surface area contributed by atoms with E-state index in [1.165, 1.54) is 20.9 Å². The summed E-state index contributed by atoms with van der Waals surface area (Å²) >= 11 is 0.